The minimum atomic E-state index is -0.819. The van der Waals surface area contributed by atoms with Gasteiger partial charge in [-0.3, -0.25) is 14.4 Å². The Hall–Kier alpha value is -2.44. The first-order valence-electron chi connectivity index (χ1n) is 8.45. The molecule has 1 N–H and O–H groups in total. The van der Waals surface area contributed by atoms with Crippen LogP contribution in [0.5, 0.6) is 0 Å². The minimum absolute atomic E-state index is 0.0986. The third-order valence-corrected chi connectivity index (χ3v) is 5.08. The SMILES string of the molecule is Cc1cc(N2C[C@H](C(=O)N3CCC(C(=O)O)CC3)CC2=O)ccc1F. The number of carbonyl (C=O) groups is 3. The average Bonchev–Trinajstić information content (AvgIpc) is 2.98. The van der Waals surface area contributed by atoms with Crippen LogP contribution >= 0.6 is 0 Å². The smallest absolute Gasteiger partial charge is 0.306 e. The molecule has 0 spiro atoms. The van der Waals surface area contributed by atoms with Crippen LogP contribution in [0.2, 0.25) is 0 Å². The number of halogens is 1. The summed E-state index contributed by atoms with van der Waals surface area (Å²) in [6, 6.07) is 4.48. The van der Waals surface area contributed by atoms with Gasteiger partial charge in [0, 0.05) is 31.7 Å². The van der Waals surface area contributed by atoms with Gasteiger partial charge in [-0.25, -0.2) is 4.39 Å². The number of piperidine rings is 1. The molecule has 0 aromatic heterocycles. The van der Waals surface area contributed by atoms with Gasteiger partial charge in [0.05, 0.1) is 11.8 Å². The van der Waals surface area contributed by atoms with Gasteiger partial charge in [0.15, 0.2) is 0 Å². The molecule has 25 heavy (non-hydrogen) atoms. The van der Waals surface area contributed by atoms with Crippen LogP contribution in [0, 0.1) is 24.6 Å². The Balaban J connectivity index is 1.65. The lowest BCUT2D eigenvalue weighted by atomic mass is 9.95. The Morgan fingerprint density at radius 2 is 1.88 bits per heavy atom. The minimum Gasteiger partial charge on any atom is -0.481 e. The van der Waals surface area contributed by atoms with Gasteiger partial charge >= 0.3 is 5.97 Å². The van der Waals surface area contributed by atoms with E-state index in [4.69, 9.17) is 5.11 Å². The summed E-state index contributed by atoms with van der Waals surface area (Å²) >= 11 is 0. The predicted octanol–water partition coefficient (Wildman–Crippen LogP) is 1.81. The summed E-state index contributed by atoms with van der Waals surface area (Å²) in [6.45, 7) is 2.74. The number of carboxylic acids is 1. The van der Waals surface area contributed by atoms with Gasteiger partial charge < -0.3 is 14.9 Å². The molecular formula is C18H21FN2O4. The van der Waals surface area contributed by atoms with Gasteiger partial charge in [-0.15, -0.1) is 0 Å². The van der Waals surface area contributed by atoms with E-state index < -0.39 is 17.8 Å². The maximum Gasteiger partial charge on any atom is 0.306 e. The zero-order chi connectivity index (χ0) is 18.1. The molecule has 0 aliphatic carbocycles. The Morgan fingerprint density at radius 1 is 1.20 bits per heavy atom. The summed E-state index contributed by atoms with van der Waals surface area (Å²) in [5.41, 5.74) is 1.06. The molecule has 2 saturated heterocycles. The number of hydrogen-bond donors (Lipinski definition) is 1. The first-order valence-corrected chi connectivity index (χ1v) is 8.45. The lowest BCUT2D eigenvalue weighted by Gasteiger charge is -2.31. The molecule has 1 aromatic carbocycles. The molecule has 2 aliphatic rings. The van der Waals surface area contributed by atoms with Crippen molar-refractivity contribution in [1.29, 1.82) is 0 Å². The topological polar surface area (TPSA) is 77.9 Å². The van der Waals surface area contributed by atoms with Gasteiger partial charge in [-0.1, -0.05) is 0 Å². The van der Waals surface area contributed by atoms with E-state index in [-0.39, 0.29) is 30.6 Å². The highest BCUT2D eigenvalue weighted by Gasteiger charge is 2.38. The van der Waals surface area contributed by atoms with Crippen LogP contribution in [-0.2, 0) is 14.4 Å². The number of carboxylic acid groups (broad SMARTS) is 1. The number of aliphatic carboxylic acids is 1. The van der Waals surface area contributed by atoms with Crippen molar-refractivity contribution in [3.63, 3.8) is 0 Å². The molecule has 2 amide bonds. The molecular weight excluding hydrogens is 327 g/mol. The van der Waals surface area contributed by atoms with E-state index in [0.717, 1.165) is 0 Å². The highest BCUT2D eigenvalue weighted by molar-refractivity contribution is 6.00. The van der Waals surface area contributed by atoms with Crippen LogP contribution in [0.1, 0.15) is 24.8 Å². The fraction of sp³-hybridized carbons (Fsp3) is 0.500. The molecule has 0 radical (unpaired) electrons. The molecule has 7 heteroatoms. The second-order valence-corrected chi connectivity index (χ2v) is 6.78. The highest BCUT2D eigenvalue weighted by Crippen LogP contribution is 2.29. The lowest BCUT2D eigenvalue weighted by molar-refractivity contribution is -0.146. The van der Waals surface area contributed by atoms with Gasteiger partial charge in [0.1, 0.15) is 5.82 Å². The number of hydrogen-bond acceptors (Lipinski definition) is 3. The number of likely N-dealkylation sites (tertiary alicyclic amines) is 1. The number of anilines is 1. The Morgan fingerprint density at radius 3 is 2.48 bits per heavy atom. The van der Waals surface area contributed by atoms with Crippen molar-refractivity contribution in [2.45, 2.75) is 26.2 Å². The first-order chi connectivity index (χ1) is 11.9. The average molecular weight is 348 g/mol. The van der Waals surface area contributed by atoms with E-state index in [9.17, 15) is 18.8 Å². The lowest BCUT2D eigenvalue weighted by Crippen LogP contribution is -2.43. The van der Waals surface area contributed by atoms with E-state index >= 15 is 0 Å². The molecule has 2 fully saturated rings. The van der Waals surface area contributed by atoms with Gasteiger partial charge in [-0.2, -0.15) is 0 Å². The maximum absolute atomic E-state index is 13.4. The molecule has 2 heterocycles. The fourth-order valence-electron chi connectivity index (χ4n) is 3.52. The van der Waals surface area contributed by atoms with Crippen molar-refractivity contribution >= 4 is 23.5 Å². The molecule has 134 valence electrons. The summed E-state index contributed by atoms with van der Waals surface area (Å²) in [6.07, 6.45) is 1.03. The molecule has 3 rings (SSSR count). The summed E-state index contributed by atoms with van der Waals surface area (Å²) in [7, 11) is 0. The van der Waals surface area contributed by atoms with E-state index in [1.54, 1.807) is 24.0 Å². The van der Waals surface area contributed by atoms with Gasteiger partial charge in [-0.05, 0) is 43.5 Å². The first kappa shape index (κ1) is 17.4. The number of carbonyl (C=O) groups excluding carboxylic acids is 2. The second-order valence-electron chi connectivity index (χ2n) is 6.78. The Bertz CT molecular complexity index is 713. The molecule has 0 saturated carbocycles. The standard InChI is InChI=1S/C18H21FN2O4/c1-11-8-14(2-3-15(11)19)21-10-13(9-16(21)22)17(23)20-6-4-12(5-7-20)18(24)25/h2-3,8,12-13H,4-7,9-10H2,1H3,(H,24,25)/t13-/m1/s1. The number of amides is 2. The van der Waals surface area contributed by atoms with Crippen LogP contribution in [0.25, 0.3) is 0 Å². The van der Waals surface area contributed by atoms with E-state index in [2.05, 4.69) is 0 Å². The van der Waals surface area contributed by atoms with E-state index in [0.29, 0.717) is 37.2 Å². The normalized spacial score (nSPS) is 21.7. The molecule has 0 unspecified atom stereocenters. The van der Waals surface area contributed by atoms with Crippen LogP contribution in [-0.4, -0.2) is 47.4 Å². The fourth-order valence-corrected chi connectivity index (χ4v) is 3.52. The van der Waals surface area contributed by atoms with E-state index in [1.165, 1.54) is 11.0 Å². The summed E-state index contributed by atoms with van der Waals surface area (Å²) in [5, 5.41) is 9.03. The van der Waals surface area contributed by atoms with Gasteiger partial charge in [0.2, 0.25) is 11.8 Å². The highest BCUT2D eigenvalue weighted by atomic mass is 19.1. The number of benzene rings is 1. The van der Waals surface area contributed by atoms with Crippen LogP contribution < -0.4 is 4.90 Å². The number of rotatable bonds is 3. The van der Waals surface area contributed by atoms with Crippen molar-refractivity contribution in [2.75, 3.05) is 24.5 Å². The van der Waals surface area contributed by atoms with Gasteiger partial charge in [0.25, 0.3) is 0 Å². The van der Waals surface area contributed by atoms with Crippen molar-refractivity contribution in [2.24, 2.45) is 11.8 Å². The summed E-state index contributed by atoms with van der Waals surface area (Å²) in [4.78, 5) is 39.1. The monoisotopic (exact) mass is 348 g/mol. The van der Waals surface area contributed by atoms with Crippen LogP contribution in [0.4, 0.5) is 10.1 Å². The Labute approximate surface area is 145 Å². The summed E-state index contributed by atoms with van der Waals surface area (Å²) in [5.74, 6) is -2.22. The number of aryl methyl sites for hydroxylation is 1. The molecule has 0 bridgehead atoms. The van der Waals surface area contributed by atoms with Crippen LogP contribution in [0.15, 0.2) is 18.2 Å². The zero-order valence-electron chi connectivity index (χ0n) is 14.1. The number of nitrogens with zero attached hydrogens (tertiary/aromatic N) is 2. The maximum atomic E-state index is 13.4. The molecule has 1 aromatic rings. The Kier molecular flexibility index (Phi) is 4.74. The van der Waals surface area contributed by atoms with Crippen molar-refractivity contribution < 1.29 is 23.9 Å². The van der Waals surface area contributed by atoms with Crippen molar-refractivity contribution in [1.82, 2.24) is 4.90 Å². The van der Waals surface area contributed by atoms with E-state index in [1.807, 2.05) is 0 Å². The summed E-state index contributed by atoms with van der Waals surface area (Å²) < 4.78 is 13.4. The third-order valence-electron chi connectivity index (χ3n) is 5.08. The molecule has 6 nitrogen and oxygen atoms in total. The van der Waals surface area contributed by atoms with Crippen LogP contribution in [0.3, 0.4) is 0 Å². The van der Waals surface area contributed by atoms with Crippen molar-refractivity contribution in [3.05, 3.63) is 29.6 Å². The van der Waals surface area contributed by atoms with Crippen molar-refractivity contribution in [3.8, 4) is 0 Å². The second kappa shape index (κ2) is 6.82. The third kappa shape index (κ3) is 3.50. The predicted molar refractivity (Wildman–Crippen MR) is 88.5 cm³/mol. The molecule has 1 atom stereocenters. The molecule has 2 aliphatic heterocycles. The zero-order valence-corrected chi connectivity index (χ0v) is 14.1. The quantitative estimate of drug-likeness (QED) is 0.904. The largest absolute Gasteiger partial charge is 0.481 e.